The number of likely N-dealkylation sites (tertiary alicyclic amines) is 1. The minimum Gasteiger partial charge on any atom is -0.486 e. The van der Waals surface area contributed by atoms with E-state index in [0.29, 0.717) is 22.8 Å². The van der Waals surface area contributed by atoms with Crippen LogP contribution >= 0.6 is 0 Å². The van der Waals surface area contributed by atoms with E-state index in [4.69, 9.17) is 4.74 Å². The molecule has 4 heterocycles. The molecule has 8 heteroatoms. The summed E-state index contributed by atoms with van der Waals surface area (Å²) in [7, 11) is 0. The van der Waals surface area contributed by atoms with Gasteiger partial charge in [0.15, 0.2) is 0 Å². The van der Waals surface area contributed by atoms with Crippen molar-refractivity contribution >= 4 is 17.9 Å². The predicted octanol–water partition coefficient (Wildman–Crippen LogP) is 0.987. The Labute approximate surface area is 186 Å². The van der Waals surface area contributed by atoms with Crippen molar-refractivity contribution in [3.05, 3.63) is 52.6 Å². The molecular formula is C24H27N5O3. The minimum atomic E-state index is -0.162. The Morgan fingerprint density at radius 1 is 1.25 bits per heavy atom. The van der Waals surface area contributed by atoms with E-state index in [1.165, 1.54) is 0 Å². The zero-order valence-electron chi connectivity index (χ0n) is 18.3. The fourth-order valence-electron chi connectivity index (χ4n) is 4.04. The number of amides is 2. The summed E-state index contributed by atoms with van der Waals surface area (Å²) in [6.07, 6.45) is 8.29. The van der Waals surface area contributed by atoms with Gasteiger partial charge < -0.3 is 10.1 Å². The fraction of sp³-hybridized carbons (Fsp3) is 0.458. The molecule has 1 unspecified atom stereocenters. The number of carbonyl (C=O) groups excluding carboxylic acids is 2. The number of nitrogens with zero attached hydrogens (tertiary/aromatic N) is 4. The van der Waals surface area contributed by atoms with Crippen molar-refractivity contribution in [2.45, 2.75) is 57.8 Å². The Morgan fingerprint density at radius 2 is 2.09 bits per heavy atom. The highest BCUT2D eigenvalue weighted by molar-refractivity contribution is 5.92. The van der Waals surface area contributed by atoms with E-state index in [1.807, 2.05) is 25.3 Å². The van der Waals surface area contributed by atoms with Crippen molar-refractivity contribution in [1.82, 2.24) is 20.2 Å². The lowest BCUT2D eigenvalue weighted by atomic mass is 9.99. The molecule has 0 bridgehead atoms. The highest BCUT2D eigenvalue weighted by atomic mass is 16.5. The number of hydrogen-bond acceptors (Lipinski definition) is 6. The van der Waals surface area contributed by atoms with E-state index in [2.05, 4.69) is 32.1 Å². The van der Waals surface area contributed by atoms with Crippen LogP contribution in [-0.2, 0) is 11.3 Å². The maximum atomic E-state index is 12.1. The van der Waals surface area contributed by atoms with Crippen LogP contribution in [0.3, 0.4) is 0 Å². The van der Waals surface area contributed by atoms with Crippen molar-refractivity contribution in [3.63, 3.8) is 0 Å². The summed E-state index contributed by atoms with van der Waals surface area (Å²) < 4.78 is 6.07. The molecule has 0 aromatic carbocycles. The van der Waals surface area contributed by atoms with Crippen LogP contribution in [0.5, 0.6) is 5.75 Å². The van der Waals surface area contributed by atoms with E-state index in [1.54, 1.807) is 18.3 Å². The summed E-state index contributed by atoms with van der Waals surface area (Å²) in [4.78, 5) is 39.4. The summed E-state index contributed by atoms with van der Waals surface area (Å²) in [6, 6.07) is 6.00. The van der Waals surface area contributed by atoms with Crippen LogP contribution in [0.2, 0.25) is 0 Å². The van der Waals surface area contributed by atoms with Gasteiger partial charge in [0.1, 0.15) is 17.5 Å². The van der Waals surface area contributed by atoms with Crippen LogP contribution in [0, 0.1) is 5.92 Å². The monoisotopic (exact) mass is 433 g/mol. The zero-order chi connectivity index (χ0) is 22.2. The lowest BCUT2D eigenvalue weighted by Gasteiger charge is -2.45. The normalized spacial score (nSPS) is 24.6. The highest BCUT2D eigenvalue weighted by Gasteiger charge is 2.37. The van der Waals surface area contributed by atoms with Gasteiger partial charge in [-0.25, -0.2) is 9.98 Å². The molecule has 2 amide bonds. The summed E-state index contributed by atoms with van der Waals surface area (Å²) in [5.41, 5.74) is 1.44. The van der Waals surface area contributed by atoms with Gasteiger partial charge in [0, 0.05) is 31.4 Å². The first-order chi connectivity index (χ1) is 15.5. The molecule has 2 aliphatic heterocycles. The number of nitrogens with one attached hydrogen (secondary N) is 1. The van der Waals surface area contributed by atoms with Gasteiger partial charge in [-0.05, 0) is 56.0 Å². The largest absolute Gasteiger partial charge is 0.486 e. The number of pyridine rings is 2. The van der Waals surface area contributed by atoms with Crippen molar-refractivity contribution in [1.29, 1.82) is 0 Å². The second kappa shape index (κ2) is 8.43. The average Bonchev–Trinajstić information content (AvgIpc) is 3.62. The van der Waals surface area contributed by atoms with Crippen LogP contribution in [0.15, 0.2) is 35.6 Å². The third-order valence-electron chi connectivity index (χ3n) is 6.38. The second-order valence-electron chi connectivity index (χ2n) is 8.83. The Bertz CT molecular complexity index is 1160. The van der Waals surface area contributed by atoms with Crippen molar-refractivity contribution in [2.24, 2.45) is 10.9 Å². The molecule has 8 nitrogen and oxygen atoms in total. The standard InChI is InChI=1S/C24H27N5O3/c1-3-16-9-20-21(28-23(16)30)8-15(10-25-20)12-29-13-22(14(29)2)32-18-6-7-19(26-11-18)24(31)27-17-4-5-17/h6-11,14,16-17,22H,3-5,12-13H2,1-2H3,(H,27,31)/t14-,16?,22+/m1/s1. The number of fused-ring (bicyclic) bond motifs is 1. The molecular weight excluding hydrogens is 406 g/mol. The Kier molecular flexibility index (Phi) is 5.46. The van der Waals surface area contributed by atoms with E-state index >= 15 is 0 Å². The van der Waals surface area contributed by atoms with Gasteiger partial charge in [-0.1, -0.05) is 6.92 Å². The first kappa shape index (κ1) is 20.8. The zero-order valence-corrected chi connectivity index (χ0v) is 18.3. The third-order valence-corrected chi connectivity index (χ3v) is 6.38. The summed E-state index contributed by atoms with van der Waals surface area (Å²) in [6.45, 7) is 5.61. The number of carbonyl (C=O) groups is 2. The minimum absolute atomic E-state index is 0.0541. The summed E-state index contributed by atoms with van der Waals surface area (Å²) in [5.74, 6) is 0.287. The quantitative estimate of drug-likeness (QED) is 0.700. The predicted molar refractivity (Wildman–Crippen MR) is 117 cm³/mol. The molecule has 32 heavy (non-hydrogen) atoms. The van der Waals surface area contributed by atoms with Gasteiger partial charge in [0.05, 0.1) is 22.8 Å². The topological polar surface area (TPSA) is 96.8 Å². The molecule has 166 valence electrons. The first-order valence-electron chi connectivity index (χ1n) is 11.3. The molecule has 5 rings (SSSR count). The Balaban J connectivity index is 1.17. The molecule has 2 aromatic rings. The highest BCUT2D eigenvalue weighted by Crippen LogP contribution is 2.25. The molecule has 3 atom stereocenters. The SMILES string of the molecule is CCC1C=c2ncc(CN3C[C@H](Oc4ccc(C(=O)NC5CC5)nc4)[C@H]3C)cc2=NC1=O. The molecule has 1 N–H and O–H groups in total. The van der Waals surface area contributed by atoms with Crippen LogP contribution < -0.4 is 20.8 Å². The third kappa shape index (κ3) is 4.27. The lowest BCUT2D eigenvalue weighted by Crippen LogP contribution is -2.60. The Hall–Kier alpha value is -3.13. The van der Waals surface area contributed by atoms with Crippen LogP contribution in [0.4, 0.5) is 0 Å². The van der Waals surface area contributed by atoms with Crippen LogP contribution in [0.25, 0.3) is 6.08 Å². The first-order valence-corrected chi connectivity index (χ1v) is 11.3. The number of hydrogen-bond donors (Lipinski definition) is 1. The smallest absolute Gasteiger partial charge is 0.270 e. The molecule has 3 aliphatic rings. The van der Waals surface area contributed by atoms with Gasteiger partial charge >= 0.3 is 0 Å². The van der Waals surface area contributed by atoms with Crippen LogP contribution in [-0.4, -0.2) is 51.4 Å². The molecule has 1 aliphatic carbocycles. The number of rotatable bonds is 7. The Morgan fingerprint density at radius 3 is 2.78 bits per heavy atom. The van der Waals surface area contributed by atoms with Gasteiger partial charge in [-0.3, -0.25) is 19.5 Å². The van der Waals surface area contributed by atoms with Crippen LogP contribution in [0.1, 0.15) is 49.2 Å². The van der Waals surface area contributed by atoms with E-state index in [9.17, 15) is 9.59 Å². The van der Waals surface area contributed by atoms with Crippen molar-refractivity contribution < 1.29 is 14.3 Å². The van der Waals surface area contributed by atoms with E-state index in [-0.39, 0.29) is 29.9 Å². The van der Waals surface area contributed by atoms with E-state index in [0.717, 1.165) is 43.3 Å². The van der Waals surface area contributed by atoms with Crippen molar-refractivity contribution in [2.75, 3.05) is 6.54 Å². The number of ether oxygens (including phenoxy) is 1. The van der Waals surface area contributed by atoms with Gasteiger partial charge in [0.2, 0.25) is 0 Å². The molecule has 2 fully saturated rings. The average molecular weight is 434 g/mol. The molecule has 0 radical (unpaired) electrons. The molecule has 1 saturated heterocycles. The maximum Gasteiger partial charge on any atom is 0.270 e. The molecule has 2 aromatic heterocycles. The van der Waals surface area contributed by atoms with Crippen molar-refractivity contribution in [3.8, 4) is 5.75 Å². The van der Waals surface area contributed by atoms with Gasteiger partial charge in [-0.15, -0.1) is 0 Å². The summed E-state index contributed by atoms with van der Waals surface area (Å²) >= 11 is 0. The van der Waals surface area contributed by atoms with Gasteiger partial charge in [0.25, 0.3) is 11.8 Å². The van der Waals surface area contributed by atoms with E-state index < -0.39 is 0 Å². The number of aromatic nitrogens is 2. The second-order valence-corrected chi connectivity index (χ2v) is 8.83. The maximum absolute atomic E-state index is 12.1. The van der Waals surface area contributed by atoms with Gasteiger partial charge in [-0.2, -0.15) is 0 Å². The molecule has 1 saturated carbocycles. The summed E-state index contributed by atoms with van der Waals surface area (Å²) in [5, 5.41) is 4.39. The lowest BCUT2D eigenvalue weighted by molar-refractivity contribution is -0.120. The fourth-order valence-corrected chi connectivity index (χ4v) is 4.04. The molecule has 0 spiro atoms.